The minimum Gasteiger partial charge on any atom is -0.489 e. The summed E-state index contributed by atoms with van der Waals surface area (Å²) < 4.78 is 25.0. The molecule has 0 radical (unpaired) electrons. The molecule has 1 aromatic rings. The molecule has 1 heterocycles. The summed E-state index contributed by atoms with van der Waals surface area (Å²) in [6.07, 6.45) is -1.17. The fraction of sp³-hybridized carbons (Fsp3) is 0.562. The van der Waals surface area contributed by atoms with E-state index in [4.69, 9.17) is 15.0 Å². The fourth-order valence-electron chi connectivity index (χ4n) is 2.51. The molecular weight excluding hydrogens is 315 g/mol. The molecule has 0 saturated heterocycles. The maximum atomic E-state index is 13.9. The number of hydrogen-bond acceptors (Lipinski definition) is 4. The molecule has 1 unspecified atom stereocenters. The Morgan fingerprint density at radius 1 is 1.58 bits per heavy atom. The van der Waals surface area contributed by atoms with Gasteiger partial charge in [0.25, 0.3) is 0 Å². The average Bonchev–Trinajstić information content (AvgIpc) is 2.84. The summed E-state index contributed by atoms with van der Waals surface area (Å²) in [5.74, 6) is 0.0639. The van der Waals surface area contributed by atoms with Gasteiger partial charge in [-0.15, -0.1) is 0 Å². The van der Waals surface area contributed by atoms with Crippen LogP contribution in [0.5, 0.6) is 5.75 Å². The molecule has 0 spiro atoms. The van der Waals surface area contributed by atoms with Crippen LogP contribution in [0, 0.1) is 5.82 Å². The number of amides is 1. The fourth-order valence-corrected chi connectivity index (χ4v) is 2.51. The third-order valence-corrected chi connectivity index (χ3v) is 3.44. The van der Waals surface area contributed by atoms with E-state index in [9.17, 15) is 9.18 Å². The van der Waals surface area contributed by atoms with Crippen molar-refractivity contribution in [3.63, 3.8) is 0 Å². The largest absolute Gasteiger partial charge is 0.489 e. The Morgan fingerprint density at radius 3 is 2.92 bits per heavy atom. The Labute approximate surface area is 139 Å². The van der Waals surface area contributed by atoms with E-state index in [2.05, 4.69) is 15.3 Å². The molecule has 2 rings (SSSR count). The highest BCUT2D eigenvalue weighted by Crippen LogP contribution is 2.38. The van der Waals surface area contributed by atoms with Gasteiger partial charge in [-0.05, 0) is 45.4 Å². The normalized spacial score (nSPS) is 17.3. The third-order valence-electron chi connectivity index (χ3n) is 3.44. The maximum absolute atomic E-state index is 13.9. The molecule has 8 heteroatoms. The number of carbonyl (C=O) groups is 1. The highest BCUT2D eigenvalue weighted by Gasteiger charge is 2.29. The lowest BCUT2D eigenvalue weighted by Gasteiger charge is -2.23. The number of azide groups is 1. The van der Waals surface area contributed by atoms with Gasteiger partial charge in [0.05, 0.1) is 6.54 Å². The Balaban J connectivity index is 2.17. The lowest BCUT2D eigenvalue weighted by Crippen LogP contribution is -2.41. The van der Waals surface area contributed by atoms with E-state index < -0.39 is 23.6 Å². The molecule has 0 aromatic heterocycles. The summed E-state index contributed by atoms with van der Waals surface area (Å²) >= 11 is 0. The van der Waals surface area contributed by atoms with E-state index in [0.29, 0.717) is 23.3 Å². The first-order valence-electron chi connectivity index (χ1n) is 7.68. The van der Waals surface area contributed by atoms with Crippen molar-refractivity contribution in [3.8, 4) is 5.75 Å². The van der Waals surface area contributed by atoms with Gasteiger partial charge in [-0.1, -0.05) is 5.11 Å². The predicted octanol–water partition coefficient (Wildman–Crippen LogP) is 4.03. The van der Waals surface area contributed by atoms with Crippen LogP contribution < -0.4 is 10.1 Å². The van der Waals surface area contributed by atoms with Crippen molar-refractivity contribution < 1.29 is 18.7 Å². The highest BCUT2D eigenvalue weighted by atomic mass is 19.1. The van der Waals surface area contributed by atoms with Crippen molar-refractivity contribution in [2.75, 3.05) is 6.54 Å². The Kier molecular flexibility index (Phi) is 5.19. The minimum atomic E-state index is -0.685. The second kappa shape index (κ2) is 6.97. The molecule has 1 amide bonds. The number of ether oxygens (including phenoxy) is 2. The van der Waals surface area contributed by atoms with Crippen LogP contribution in [-0.2, 0) is 11.2 Å². The van der Waals surface area contributed by atoms with Crippen LogP contribution >= 0.6 is 0 Å². The zero-order valence-corrected chi connectivity index (χ0v) is 14.2. The lowest BCUT2D eigenvalue weighted by molar-refractivity contribution is 0.0977. The monoisotopic (exact) mass is 336 g/mol. The summed E-state index contributed by atoms with van der Waals surface area (Å²) in [4.78, 5) is 14.6. The van der Waals surface area contributed by atoms with Crippen molar-refractivity contribution >= 4 is 6.09 Å². The molecule has 1 N–H and O–H groups in total. The van der Waals surface area contributed by atoms with Gasteiger partial charge in [0.2, 0.25) is 0 Å². The molecule has 1 aliphatic heterocycles. The van der Waals surface area contributed by atoms with Crippen LogP contribution in [0.15, 0.2) is 17.2 Å². The predicted molar refractivity (Wildman–Crippen MR) is 86.3 cm³/mol. The first kappa shape index (κ1) is 17.9. The van der Waals surface area contributed by atoms with Crippen LogP contribution in [0.25, 0.3) is 10.4 Å². The van der Waals surface area contributed by atoms with Gasteiger partial charge in [0.1, 0.15) is 23.8 Å². The maximum Gasteiger partial charge on any atom is 0.408 e. The van der Waals surface area contributed by atoms with E-state index in [0.717, 1.165) is 0 Å². The van der Waals surface area contributed by atoms with Crippen molar-refractivity contribution in [2.24, 2.45) is 5.11 Å². The minimum absolute atomic E-state index is 0.159. The SMILES string of the molecule is C[C@@H](OC(=O)NC(C)(C)C)c1cc(F)cc2c1OC(CN=[N+]=[N-])C2. The summed E-state index contributed by atoms with van der Waals surface area (Å²) in [7, 11) is 0. The van der Waals surface area contributed by atoms with Crippen molar-refractivity contribution in [1.82, 2.24) is 5.32 Å². The van der Waals surface area contributed by atoms with Gasteiger partial charge >= 0.3 is 6.09 Å². The standard InChI is InChI=1S/C16H21FN4O3/c1-9(23-15(22)20-16(2,3)4)13-7-11(17)5-10-6-12(8-19-21-18)24-14(10)13/h5,7,9,12H,6,8H2,1-4H3,(H,20,22)/t9-,12?/m1/s1. The molecule has 1 aromatic carbocycles. The Hall–Kier alpha value is -2.47. The zero-order valence-electron chi connectivity index (χ0n) is 14.2. The lowest BCUT2D eigenvalue weighted by atomic mass is 10.0. The smallest absolute Gasteiger partial charge is 0.408 e. The number of nitrogens with zero attached hydrogens (tertiary/aromatic N) is 3. The molecule has 130 valence electrons. The third kappa shape index (κ3) is 4.52. The molecule has 2 atom stereocenters. The van der Waals surface area contributed by atoms with Gasteiger partial charge in [0.15, 0.2) is 0 Å². The van der Waals surface area contributed by atoms with Crippen molar-refractivity contribution in [1.29, 1.82) is 0 Å². The van der Waals surface area contributed by atoms with Crippen LogP contribution in [-0.4, -0.2) is 24.3 Å². The topological polar surface area (TPSA) is 96.3 Å². The number of carbonyl (C=O) groups excluding carboxylic acids is 1. The van der Waals surface area contributed by atoms with Crippen LogP contribution in [0.3, 0.4) is 0 Å². The van der Waals surface area contributed by atoms with Gasteiger partial charge < -0.3 is 14.8 Å². The van der Waals surface area contributed by atoms with Gasteiger partial charge in [0, 0.05) is 28.0 Å². The summed E-state index contributed by atoms with van der Waals surface area (Å²) in [6, 6.07) is 2.68. The molecule has 1 aliphatic rings. The summed E-state index contributed by atoms with van der Waals surface area (Å²) in [5.41, 5.74) is 9.10. The van der Waals surface area contributed by atoms with Gasteiger partial charge in [-0.25, -0.2) is 9.18 Å². The quantitative estimate of drug-likeness (QED) is 0.511. The molecule has 24 heavy (non-hydrogen) atoms. The van der Waals surface area contributed by atoms with Crippen molar-refractivity contribution in [3.05, 3.63) is 39.5 Å². The van der Waals surface area contributed by atoms with E-state index >= 15 is 0 Å². The number of hydrogen-bond donors (Lipinski definition) is 1. The van der Waals surface area contributed by atoms with E-state index in [1.165, 1.54) is 12.1 Å². The molecular formula is C16H21FN4O3. The van der Waals surface area contributed by atoms with Crippen LogP contribution in [0.1, 0.15) is 44.9 Å². The average molecular weight is 336 g/mol. The second-order valence-electron chi connectivity index (χ2n) is 6.76. The summed E-state index contributed by atoms with van der Waals surface area (Å²) in [5, 5.41) is 6.18. The first-order chi connectivity index (χ1) is 11.2. The number of nitrogens with one attached hydrogen (secondary N) is 1. The molecule has 0 saturated carbocycles. The number of alkyl carbamates (subject to hydrolysis) is 1. The van der Waals surface area contributed by atoms with Crippen molar-refractivity contribution in [2.45, 2.75) is 51.9 Å². The van der Waals surface area contributed by atoms with E-state index in [1.807, 2.05) is 20.8 Å². The van der Waals surface area contributed by atoms with E-state index in [1.54, 1.807) is 6.92 Å². The first-order valence-corrected chi connectivity index (χ1v) is 7.68. The van der Waals surface area contributed by atoms with Gasteiger partial charge in [-0.3, -0.25) is 0 Å². The zero-order chi connectivity index (χ0) is 17.9. The number of benzene rings is 1. The molecule has 0 bridgehead atoms. The second-order valence-corrected chi connectivity index (χ2v) is 6.76. The van der Waals surface area contributed by atoms with Crippen LogP contribution in [0.4, 0.5) is 9.18 Å². The Morgan fingerprint density at radius 2 is 2.29 bits per heavy atom. The number of fused-ring (bicyclic) bond motifs is 1. The van der Waals surface area contributed by atoms with Crippen LogP contribution in [0.2, 0.25) is 0 Å². The highest BCUT2D eigenvalue weighted by molar-refractivity contribution is 5.68. The molecule has 0 fully saturated rings. The molecule has 0 aliphatic carbocycles. The Bertz CT molecular complexity index is 681. The number of halogens is 1. The van der Waals surface area contributed by atoms with E-state index in [-0.39, 0.29) is 12.6 Å². The summed E-state index contributed by atoms with van der Waals surface area (Å²) in [6.45, 7) is 7.32. The van der Waals surface area contributed by atoms with Gasteiger partial charge in [-0.2, -0.15) is 0 Å². The number of rotatable bonds is 4. The molecule has 7 nitrogen and oxygen atoms in total.